The molecular weight excluding hydrogens is 364 g/mol. The molecule has 1 aliphatic heterocycles. The summed E-state index contributed by atoms with van der Waals surface area (Å²) in [6.45, 7) is 2.44. The Hall–Kier alpha value is -2.53. The van der Waals surface area contributed by atoms with Crippen LogP contribution in [0.15, 0.2) is 52.9 Å². The number of aromatic nitrogens is 1. The van der Waals surface area contributed by atoms with Gasteiger partial charge in [-0.2, -0.15) is 0 Å². The van der Waals surface area contributed by atoms with E-state index in [1.54, 1.807) is 31.2 Å². The molecule has 1 saturated heterocycles. The number of nitrogens with zero attached hydrogens (tertiary/aromatic N) is 2. The van der Waals surface area contributed by atoms with Crippen LogP contribution in [0.5, 0.6) is 5.75 Å². The van der Waals surface area contributed by atoms with Crippen LogP contribution in [0.25, 0.3) is 11.1 Å². The van der Waals surface area contributed by atoms with Gasteiger partial charge in [0.1, 0.15) is 17.3 Å². The minimum absolute atomic E-state index is 0.0677. The standard InChI is InChI=1S/C21H21ClN2O3/c1-14(26-16-8-6-7-15(22)13-16)21(25)24-12-5-4-10-18(24)20-23-17-9-2-3-11-19(17)27-20/h2-3,6-9,11,13-14,18H,4-5,10,12H2,1H3/t14-,18+/m0/s1. The lowest BCUT2D eigenvalue weighted by Crippen LogP contribution is -2.45. The van der Waals surface area contributed by atoms with Crippen molar-refractivity contribution in [3.8, 4) is 5.75 Å². The molecule has 4 rings (SSSR count). The fourth-order valence-electron chi connectivity index (χ4n) is 3.51. The van der Waals surface area contributed by atoms with Crippen LogP contribution in [0, 0.1) is 0 Å². The Morgan fingerprint density at radius 1 is 1.26 bits per heavy atom. The molecule has 5 nitrogen and oxygen atoms in total. The monoisotopic (exact) mass is 384 g/mol. The highest BCUT2D eigenvalue weighted by Gasteiger charge is 2.34. The Balaban J connectivity index is 1.55. The van der Waals surface area contributed by atoms with Gasteiger partial charge in [0, 0.05) is 11.6 Å². The molecule has 1 aliphatic rings. The zero-order valence-electron chi connectivity index (χ0n) is 15.1. The molecule has 0 saturated carbocycles. The molecule has 1 fully saturated rings. The molecule has 2 heterocycles. The van der Waals surface area contributed by atoms with Gasteiger partial charge in [-0.15, -0.1) is 0 Å². The van der Waals surface area contributed by atoms with E-state index >= 15 is 0 Å². The van der Waals surface area contributed by atoms with E-state index in [1.807, 2.05) is 29.2 Å². The first-order valence-corrected chi connectivity index (χ1v) is 9.58. The molecule has 27 heavy (non-hydrogen) atoms. The van der Waals surface area contributed by atoms with Gasteiger partial charge in [-0.05, 0) is 56.5 Å². The van der Waals surface area contributed by atoms with Crippen molar-refractivity contribution < 1.29 is 13.9 Å². The average molecular weight is 385 g/mol. The number of carbonyl (C=O) groups is 1. The fraction of sp³-hybridized carbons (Fsp3) is 0.333. The molecule has 0 bridgehead atoms. The minimum Gasteiger partial charge on any atom is -0.481 e. The predicted octanol–water partition coefficient (Wildman–Crippen LogP) is 5.00. The van der Waals surface area contributed by atoms with Crippen LogP contribution in [0.1, 0.15) is 38.1 Å². The molecule has 2 atom stereocenters. The molecule has 0 aliphatic carbocycles. The van der Waals surface area contributed by atoms with Gasteiger partial charge < -0.3 is 14.1 Å². The van der Waals surface area contributed by atoms with Gasteiger partial charge in [0.15, 0.2) is 11.7 Å². The number of oxazole rings is 1. The molecule has 0 spiro atoms. The summed E-state index contributed by atoms with van der Waals surface area (Å²) in [5.74, 6) is 1.11. The second-order valence-electron chi connectivity index (χ2n) is 6.78. The van der Waals surface area contributed by atoms with Gasteiger partial charge in [0.2, 0.25) is 5.89 Å². The van der Waals surface area contributed by atoms with Gasteiger partial charge in [-0.1, -0.05) is 29.8 Å². The molecule has 0 unspecified atom stereocenters. The molecule has 2 aromatic carbocycles. The topological polar surface area (TPSA) is 55.6 Å². The maximum absolute atomic E-state index is 13.1. The number of carbonyl (C=O) groups excluding carboxylic acids is 1. The predicted molar refractivity (Wildman–Crippen MR) is 104 cm³/mol. The highest BCUT2D eigenvalue weighted by molar-refractivity contribution is 6.30. The molecular formula is C21H21ClN2O3. The fourth-order valence-corrected chi connectivity index (χ4v) is 3.69. The molecule has 140 valence electrons. The van der Waals surface area contributed by atoms with Crippen molar-refractivity contribution in [2.75, 3.05) is 6.54 Å². The smallest absolute Gasteiger partial charge is 0.264 e. The van der Waals surface area contributed by atoms with Gasteiger partial charge in [-0.3, -0.25) is 4.79 Å². The summed E-state index contributed by atoms with van der Waals surface area (Å²) >= 11 is 6.00. The van der Waals surface area contributed by atoms with Crippen LogP contribution in [-0.4, -0.2) is 28.4 Å². The number of hydrogen-bond donors (Lipinski definition) is 0. The van der Waals surface area contributed by atoms with E-state index < -0.39 is 6.10 Å². The normalized spacial score (nSPS) is 18.4. The summed E-state index contributed by atoms with van der Waals surface area (Å²) in [6.07, 6.45) is 2.22. The number of fused-ring (bicyclic) bond motifs is 1. The van der Waals surface area contributed by atoms with Crippen LogP contribution < -0.4 is 4.74 Å². The molecule has 1 aromatic heterocycles. The number of para-hydroxylation sites is 2. The van der Waals surface area contributed by atoms with E-state index in [2.05, 4.69) is 4.98 Å². The van der Waals surface area contributed by atoms with Crippen molar-refractivity contribution in [2.24, 2.45) is 0 Å². The van der Waals surface area contributed by atoms with E-state index in [0.717, 1.165) is 30.4 Å². The molecule has 0 N–H and O–H groups in total. The highest BCUT2D eigenvalue weighted by atomic mass is 35.5. The van der Waals surface area contributed by atoms with E-state index in [9.17, 15) is 4.79 Å². The summed E-state index contributed by atoms with van der Waals surface area (Å²) in [4.78, 5) is 19.5. The van der Waals surface area contributed by atoms with Crippen molar-refractivity contribution in [3.05, 3.63) is 59.4 Å². The summed E-state index contributed by atoms with van der Waals surface area (Å²) in [5.41, 5.74) is 1.56. The van der Waals surface area contributed by atoms with Crippen molar-refractivity contribution in [2.45, 2.75) is 38.3 Å². The Morgan fingerprint density at radius 3 is 2.93 bits per heavy atom. The number of ether oxygens (including phenoxy) is 1. The van der Waals surface area contributed by atoms with Crippen LogP contribution in [0.2, 0.25) is 5.02 Å². The third-order valence-corrected chi connectivity index (χ3v) is 5.07. The largest absolute Gasteiger partial charge is 0.481 e. The second-order valence-corrected chi connectivity index (χ2v) is 7.22. The minimum atomic E-state index is -0.617. The number of rotatable bonds is 4. The van der Waals surface area contributed by atoms with E-state index in [-0.39, 0.29) is 11.9 Å². The quantitative estimate of drug-likeness (QED) is 0.635. The molecule has 6 heteroatoms. The Labute approximate surface area is 162 Å². The zero-order chi connectivity index (χ0) is 18.8. The van der Waals surface area contributed by atoms with Gasteiger partial charge in [-0.25, -0.2) is 4.98 Å². The number of piperidine rings is 1. The average Bonchev–Trinajstić information content (AvgIpc) is 3.11. The lowest BCUT2D eigenvalue weighted by atomic mass is 10.0. The summed E-state index contributed by atoms with van der Waals surface area (Å²) in [5, 5.41) is 0.578. The lowest BCUT2D eigenvalue weighted by molar-refractivity contribution is -0.142. The first-order valence-electron chi connectivity index (χ1n) is 9.20. The number of likely N-dealkylation sites (tertiary alicyclic amines) is 1. The van der Waals surface area contributed by atoms with Gasteiger partial charge in [0.05, 0.1) is 0 Å². The Morgan fingerprint density at radius 2 is 2.11 bits per heavy atom. The maximum atomic E-state index is 13.1. The third-order valence-electron chi connectivity index (χ3n) is 4.84. The number of amides is 1. The first-order chi connectivity index (χ1) is 13.1. The van der Waals surface area contributed by atoms with Crippen LogP contribution in [0.3, 0.4) is 0 Å². The van der Waals surface area contributed by atoms with Crippen LogP contribution >= 0.6 is 11.6 Å². The lowest BCUT2D eigenvalue weighted by Gasteiger charge is -2.35. The Bertz CT molecular complexity index is 922. The molecule has 0 radical (unpaired) electrons. The van der Waals surface area contributed by atoms with Crippen LogP contribution in [-0.2, 0) is 4.79 Å². The van der Waals surface area contributed by atoms with Crippen molar-refractivity contribution in [1.82, 2.24) is 9.88 Å². The number of hydrogen-bond acceptors (Lipinski definition) is 4. The summed E-state index contributed by atoms with van der Waals surface area (Å²) < 4.78 is 11.8. The third kappa shape index (κ3) is 3.78. The maximum Gasteiger partial charge on any atom is 0.264 e. The van der Waals surface area contributed by atoms with Crippen molar-refractivity contribution in [3.63, 3.8) is 0 Å². The van der Waals surface area contributed by atoms with Gasteiger partial charge >= 0.3 is 0 Å². The van der Waals surface area contributed by atoms with Crippen molar-refractivity contribution >= 4 is 28.6 Å². The second kappa shape index (κ2) is 7.61. The van der Waals surface area contributed by atoms with E-state index in [4.69, 9.17) is 20.8 Å². The van der Waals surface area contributed by atoms with E-state index in [1.165, 1.54) is 0 Å². The first kappa shape index (κ1) is 17.9. The Kier molecular flexibility index (Phi) is 5.03. The van der Waals surface area contributed by atoms with Crippen molar-refractivity contribution in [1.29, 1.82) is 0 Å². The number of benzene rings is 2. The SMILES string of the molecule is C[C@H](Oc1cccc(Cl)c1)C(=O)N1CCCC[C@@H]1c1nc2ccccc2o1. The van der Waals surface area contributed by atoms with E-state index in [0.29, 0.717) is 23.2 Å². The highest BCUT2D eigenvalue weighted by Crippen LogP contribution is 2.33. The van der Waals surface area contributed by atoms with Crippen LogP contribution in [0.4, 0.5) is 0 Å². The van der Waals surface area contributed by atoms with Gasteiger partial charge in [0.25, 0.3) is 5.91 Å². The molecule has 1 amide bonds. The zero-order valence-corrected chi connectivity index (χ0v) is 15.9. The number of halogens is 1. The summed E-state index contributed by atoms with van der Waals surface area (Å²) in [7, 11) is 0. The molecule has 3 aromatic rings. The summed E-state index contributed by atoms with van der Waals surface area (Å²) in [6, 6.07) is 14.6.